The summed E-state index contributed by atoms with van der Waals surface area (Å²) in [5.41, 5.74) is 4.26. The number of nitrogens with zero attached hydrogens (tertiary/aromatic N) is 4. The largest absolute Gasteiger partial charge is 0.479 e. The second-order valence-corrected chi connectivity index (χ2v) is 13.0. The van der Waals surface area contributed by atoms with E-state index in [1.54, 1.807) is 0 Å². The number of ether oxygens (including phenoxy) is 3. The summed E-state index contributed by atoms with van der Waals surface area (Å²) in [7, 11) is 0. The fourth-order valence-corrected chi connectivity index (χ4v) is 7.23. The highest BCUT2D eigenvalue weighted by atomic mass is 16.5. The zero-order valence-electron chi connectivity index (χ0n) is 26.3. The molecule has 0 amide bonds. The third kappa shape index (κ3) is 5.81. The van der Waals surface area contributed by atoms with E-state index in [1.165, 1.54) is 43.7 Å². The Morgan fingerprint density at radius 1 is 0.568 bits per heavy atom. The molecule has 0 spiro atoms. The zero-order chi connectivity index (χ0) is 30.0. The Kier molecular flexibility index (Phi) is 8.27. The van der Waals surface area contributed by atoms with E-state index in [9.17, 15) is 0 Å². The van der Waals surface area contributed by atoms with Gasteiger partial charge in [0.2, 0.25) is 0 Å². The number of aromatic nitrogens is 2. The van der Waals surface area contributed by atoms with Crippen LogP contribution in [-0.2, 0) is 15.9 Å². The molecule has 2 aromatic heterocycles. The molecule has 2 fully saturated rings. The Bertz CT molecular complexity index is 1430. The smallest absolute Gasteiger partial charge is 0.148 e. The first kappa shape index (κ1) is 29.2. The predicted molar refractivity (Wildman–Crippen MR) is 174 cm³/mol. The van der Waals surface area contributed by atoms with E-state index < -0.39 is 0 Å². The van der Waals surface area contributed by atoms with E-state index in [-0.39, 0.29) is 11.2 Å². The van der Waals surface area contributed by atoms with E-state index in [2.05, 4.69) is 112 Å². The molecule has 6 heterocycles. The van der Waals surface area contributed by atoms with E-state index in [4.69, 9.17) is 14.2 Å². The van der Waals surface area contributed by atoms with Gasteiger partial charge in [0.05, 0.1) is 36.0 Å². The lowest BCUT2D eigenvalue weighted by Crippen LogP contribution is -2.42. The minimum absolute atomic E-state index is 0.241. The number of rotatable bonds is 6. The van der Waals surface area contributed by atoms with Gasteiger partial charge in [0.1, 0.15) is 22.7 Å². The van der Waals surface area contributed by atoms with E-state index in [0.29, 0.717) is 0 Å². The van der Waals surface area contributed by atoms with Crippen LogP contribution in [0.4, 0.5) is 0 Å². The number of likely N-dealkylation sites (tertiary alicyclic amines) is 1. The van der Waals surface area contributed by atoms with Crippen LogP contribution in [0.25, 0.3) is 11.4 Å². The number of hydrogen-bond donors (Lipinski definition) is 0. The molecule has 2 atom stereocenters. The second-order valence-electron chi connectivity index (χ2n) is 13.0. The summed E-state index contributed by atoms with van der Waals surface area (Å²) in [6, 6.07) is 25.2. The number of para-hydroxylation sites is 4. The zero-order valence-corrected chi connectivity index (χ0v) is 26.3. The molecule has 4 aromatic rings. The molecule has 0 N–H and O–H groups in total. The van der Waals surface area contributed by atoms with Crippen molar-refractivity contribution >= 4 is 0 Å². The normalized spacial score (nSPS) is 24.4. The highest BCUT2D eigenvalue weighted by molar-refractivity contribution is 5.52. The minimum atomic E-state index is -0.282. The van der Waals surface area contributed by atoms with Gasteiger partial charge in [-0.2, -0.15) is 0 Å². The Labute approximate surface area is 261 Å². The summed E-state index contributed by atoms with van der Waals surface area (Å²) in [4.78, 5) is 5.05. The van der Waals surface area contributed by atoms with Crippen LogP contribution < -0.4 is 9.47 Å². The quantitative estimate of drug-likeness (QED) is 0.247. The molecule has 7 nitrogen and oxygen atoms in total. The van der Waals surface area contributed by atoms with Crippen molar-refractivity contribution in [2.45, 2.75) is 57.2 Å². The Balaban J connectivity index is 0.000000142. The molecular weight excluding hydrogens is 548 g/mol. The summed E-state index contributed by atoms with van der Waals surface area (Å²) in [6.45, 7) is 12.8. The first-order valence-electron chi connectivity index (χ1n) is 16.5. The molecule has 0 saturated carbocycles. The molecule has 2 aromatic carbocycles. The summed E-state index contributed by atoms with van der Waals surface area (Å²) < 4.78 is 22.8. The molecule has 8 rings (SSSR count). The van der Waals surface area contributed by atoms with Crippen LogP contribution in [0.1, 0.15) is 57.3 Å². The van der Waals surface area contributed by atoms with Gasteiger partial charge < -0.3 is 28.2 Å². The van der Waals surface area contributed by atoms with Crippen LogP contribution in [0.3, 0.4) is 0 Å². The lowest BCUT2D eigenvalue weighted by molar-refractivity contribution is 0.0116. The van der Waals surface area contributed by atoms with Crippen molar-refractivity contribution in [1.29, 1.82) is 0 Å². The first-order valence-corrected chi connectivity index (χ1v) is 16.5. The van der Waals surface area contributed by atoms with Gasteiger partial charge in [-0.3, -0.25) is 4.90 Å². The molecule has 4 aliphatic rings. The summed E-state index contributed by atoms with van der Waals surface area (Å²) in [5.74, 6) is 1.96. The molecular formula is C37H46N4O3. The monoisotopic (exact) mass is 594 g/mol. The molecule has 0 radical (unpaired) electrons. The third-order valence-corrected chi connectivity index (χ3v) is 9.86. The molecule has 4 aliphatic heterocycles. The SMILES string of the molecule is CC1(CCN2CCCCC2)Oc2ccccc2-n2cccc21.CC1(CCN2CCOCC2)Oc2ccccc2-n2cccc21. The first-order chi connectivity index (χ1) is 21.5. The maximum absolute atomic E-state index is 6.45. The standard InChI is InChI=1S/C19H24N2O.C18H22N2O2/c1-19(11-15-20-12-5-2-6-13-20)18-10-7-14-21(18)16-8-3-4-9-17(16)22-19;1-18(8-10-19-11-13-21-14-12-19)17-7-4-9-20(17)15-5-2-3-6-16(15)22-18/h3-4,7-10,14H,2,5-6,11-13,15H2,1H3;2-7,9H,8,10-14H2,1H3. The molecule has 2 unspecified atom stereocenters. The Morgan fingerprint density at radius 3 is 1.57 bits per heavy atom. The van der Waals surface area contributed by atoms with Crippen LogP contribution in [0.15, 0.2) is 85.2 Å². The maximum Gasteiger partial charge on any atom is 0.148 e. The molecule has 0 bridgehead atoms. The van der Waals surface area contributed by atoms with Crippen molar-refractivity contribution < 1.29 is 14.2 Å². The van der Waals surface area contributed by atoms with Crippen LogP contribution in [-0.4, -0.2) is 71.4 Å². The van der Waals surface area contributed by atoms with Crippen molar-refractivity contribution in [3.05, 3.63) is 96.6 Å². The van der Waals surface area contributed by atoms with Crippen molar-refractivity contribution in [2.75, 3.05) is 52.5 Å². The van der Waals surface area contributed by atoms with Gasteiger partial charge in [-0.1, -0.05) is 30.7 Å². The van der Waals surface area contributed by atoms with E-state index >= 15 is 0 Å². The highest BCUT2D eigenvalue weighted by Crippen LogP contribution is 2.42. The predicted octanol–water partition coefficient (Wildman–Crippen LogP) is 6.77. The van der Waals surface area contributed by atoms with Gasteiger partial charge in [0.25, 0.3) is 0 Å². The van der Waals surface area contributed by atoms with Gasteiger partial charge in [0, 0.05) is 51.4 Å². The van der Waals surface area contributed by atoms with Gasteiger partial charge in [-0.05, 0) is 88.3 Å². The Hall–Kier alpha value is -3.52. The van der Waals surface area contributed by atoms with Crippen LogP contribution in [0.2, 0.25) is 0 Å². The average Bonchev–Trinajstić information content (AvgIpc) is 3.77. The van der Waals surface area contributed by atoms with Gasteiger partial charge >= 0.3 is 0 Å². The van der Waals surface area contributed by atoms with Crippen molar-refractivity contribution in [2.24, 2.45) is 0 Å². The summed E-state index contributed by atoms with van der Waals surface area (Å²) in [6.07, 6.45) is 10.4. The van der Waals surface area contributed by atoms with E-state index in [0.717, 1.165) is 75.1 Å². The number of piperidine rings is 1. The summed E-state index contributed by atoms with van der Waals surface area (Å²) >= 11 is 0. The van der Waals surface area contributed by atoms with Crippen molar-refractivity contribution in [1.82, 2.24) is 18.9 Å². The Morgan fingerprint density at radius 2 is 1.05 bits per heavy atom. The number of morpholine rings is 1. The van der Waals surface area contributed by atoms with E-state index in [1.807, 2.05) is 6.07 Å². The van der Waals surface area contributed by atoms with Crippen LogP contribution >= 0.6 is 0 Å². The molecule has 2 saturated heterocycles. The third-order valence-electron chi connectivity index (χ3n) is 9.86. The maximum atomic E-state index is 6.45. The average molecular weight is 595 g/mol. The van der Waals surface area contributed by atoms with Gasteiger partial charge in [-0.25, -0.2) is 0 Å². The topological polar surface area (TPSA) is 44.0 Å². The fourth-order valence-electron chi connectivity index (χ4n) is 7.23. The van der Waals surface area contributed by atoms with Crippen LogP contribution in [0, 0.1) is 0 Å². The van der Waals surface area contributed by atoms with Gasteiger partial charge in [0.15, 0.2) is 0 Å². The minimum Gasteiger partial charge on any atom is -0.479 e. The number of fused-ring (bicyclic) bond motifs is 6. The summed E-state index contributed by atoms with van der Waals surface area (Å²) in [5, 5.41) is 0. The van der Waals surface area contributed by atoms with Gasteiger partial charge in [-0.15, -0.1) is 0 Å². The van der Waals surface area contributed by atoms with Crippen molar-refractivity contribution in [3.63, 3.8) is 0 Å². The molecule has 0 aliphatic carbocycles. The lowest BCUT2D eigenvalue weighted by atomic mass is 9.94. The lowest BCUT2D eigenvalue weighted by Gasteiger charge is -2.39. The number of hydrogen-bond acceptors (Lipinski definition) is 5. The second kappa shape index (κ2) is 12.5. The van der Waals surface area contributed by atoms with Crippen molar-refractivity contribution in [3.8, 4) is 22.9 Å². The highest BCUT2D eigenvalue weighted by Gasteiger charge is 2.38. The fraction of sp³-hybridized carbons (Fsp3) is 0.459. The molecule has 7 heteroatoms. The number of benzene rings is 2. The molecule has 232 valence electrons. The van der Waals surface area contributed by atoms with Crippen LogP contribution in [0.5, 0.6) is 11.5 Å². The molecule has 44 heavy (non-hydrogen) atoms.